The number of nitrogens with zero attached hydrogens (tertiary/aromatic N) is 1. The maximum Gasteiger partial charge on any atom is 0.0126 e. The van der Waals surface area contributed by atoms with Gasteiger partial charge in [0.2, 0.25) is 0 Å². The van der Waals surface area contributed by atoms with Gasteiger partial charge in [-0.15, -0.1) is 0 Å². The second kappa shape index (κ2) is 5.92. The quantitative estimate of drug-likeness (QED) is 0.711. The Morgan fingerprint density at radius 2 is 1.57 bits per heavy atom. The van der Waals surface area contributed by atoms with Crippen LogP contribution in [0.2, 0.25) is 0 Å². The summed E-state index contributed by atoms with van der Waals surface area (Å²) in [5.74, 6) is 2.91. The molecule has 1 heterocycles. The van der Waals surface area contributed by atoms with Crippen LogP contribution in [-0.4, -0.2) is 24.0 Å². The Balaban J connectivity index is 1.36. The average molecular weight is 312 g/mol. The van der Waals surface area contributed by atoms with E-state index in [4.69, 9.17) is 0 Å². The maximum atomic E-state index is 2.85. The standard InChI is InChI=1S/C22H33N/c1-22(2,3)20-8-6-17(7-9-20)18-10-12-23(13-11-18)21-15-16-4-5-19(21)14-16/h6-9,16,18-19,21H,4-5,10-15H2,1-3H3. The zero-order valence-corrected chi connectivity index (χ0v) is 15.2. The minimum atomic E-state index is 0.268. The number of rotatable bonds is 2. The van der Waals surface area contributed by atoms with Crippen molar-refractivity contribution in [3.63, 3.8) is 0 Å². The van der Waals surface area contributed by atoms with Gasteiger partial charge in [-0.3, -0.25) is 0 Å². The van der Waals surface area contributed by atoms with E-state index < -0.39 is 0 Å². The summed E-state index contributed by atoms with van der Waals surface area (Å²) in [5, 5.41) is 0. The van der Waals surface area contributed by atoms with E-state index in [2.05, 4.69) is 49.9 Å². The molecular formula is C22H33N. The van der Waals surface area contributed by atoms with Gasteiger partial charge in [-0.05, 0) is 79.5 Å². The van der Waals surface area contributed by atoms with E-state index >= 15 is 0 Å². The van der Waals surface area contributed by atoms with Crippen LogP contribution in [0.3, 0.4) is 0 Å². The van der Waals surface area contributed by atoms with Gasteiger partial charge in [0, 0.05) is 6.04 Å². The summed E-state index contributed by atoms with van der Waals surface area (Å²) in [6.07, 6.45) is 8.82. The van der Waals surface area contributed by atoms with Crippen LogP contribution >= 0.6 is 0 Å². The van der Waals surface area contributed by atoms with E-state index in [9.17, 15) is 0 Å². The third kappa shape index (κ3) is 3.09. The fourth-order valence-corrected chi connectivity index (χ4v) is 5.48. The van der Waals surface area contributed by atoms with Gasteiger partial charge in [-0.1, -0.05) is 51.5 Å². The number of piperidine rings is 1. The highest BCUT2D eigenvalue weighted by atomic mass is 15.2. The molecule has 1 saturated heterocycles. The molecule has 23 heavy (non-hydrogen) atoms. The summed E-state index contributed by atoms with van der Waals surface area (Å²) in [6.45, 7) is 9.57. The zero-order valence-electron chi connectivity index (χ0n) is 15.2. The molecule has 0 aromatic heterocycles. The molecule has 2 aliphatic carbocycles. The van der Waals surface area contributed by atoms with Crippen molar-refractivity contribution in [3.8, 4) is 0 Å². The minimum Gasteiger partial charge on any atom is -0.300 e. The molecule has 4 rings (SSSR count). The van der Waals surface area contributed by atoms with Crippen LogP contribution in [0.25, 0.3) is 0 Å². The molecule has 0 spiro atoms. The molecule has 1 aromatic rings. The summed E-state index contributed by atoms with van der Waals surface area (Å²) >= 11 is 0. The molecule has 3 unspecified atom stereocenters. The number of fused-ring (bicyclic) bond motifs is 2. The van der Waals surface area contributed by atoms with Crippen molar-refractivity contribution in [1.82, 2.24) is 4.90 Å². The molecule has 2 saturated carbocycles. The Labute approximate surface area is 142 Å². The Morgan fingerprint density at radius 1 is 0.870 bits per heavy atom. The highest BCUT2D eigenvalue weighted by molar-refractivity contribution is 5.29. The Hall–Kier alpha value is -0.820. The van der Waals surface area contributed by atoms with Gasteiger partial charge in [-0.2, -0.15) is 0 Å². The van der Waals surface area contributed by atoms with Crippen LogP contribution < -0.4 is 0 Å². The van der Waals surface area contributed by atoms with Gasteiger partial charge in [0.15, 0.2) is 0 Å². The molecule has 3 aliphatic rings. The molecule has 2 bridgehead atoms. The molecule has 0 radical (unpaired) electrons. The lowest BCUT2D eigenvalue weighted by molar-refractivity contribution is 0.111. The van der Waals surface area contributed by atoms with Crippen molar-refractivity contribution < 1.29 is 0 Å². The highest BCUT2D eigenvalue weighted by Gasteiger charge is 2.42. The topological polar surface area (TPSA) is 3.24 Å². The summed E-state index contributed by atoms with van der Waals surface area (Å²) in [4.78, 5) is 2.85. The molecule has 3 fully saturated rings. The molecule has 3 atom stereocenters. The van der Waals surface area contributed by atoms with E-state index in [0.29, 0.717) is 0 Å². The average Bonchev–Trinajstić information content (AvgIpc) is 3.17. The van der Waals surface area contributed by atoms with Gasteiger partial charge in [-0.25, -0.2) is 0 Å². The van der Waals surface area contributed by atoms with Gasteiger partial charge >= 0.3 is 0 Å². The van der Waals surface area contributed by atoms with Crippen LogP contribution in [0.15, 0.2) is 24.3 Å². The molecule has 0 N–H and O–H groups in total. The summed E-state index contributed by atoms with van der Waals surface area (Å²) in [7, 11) is 0. The van der Waals surface area contributed by atoms with Gasteiger partial charge in [0.05, 0.1) is 0 Å². The molecule has 0 amide bonds. The third-order valence-corrected chi connectivity index (χ3v) is 6.95. The smallest absolute Gasteiger partial charge is 0.0126 e. The first-order chi connectivity index (χ1) is 11.0. The van der Waals surface area contributed by atoms with Gasteiger partial charge < -0.3 is 4.90 Å². The normalized spacial score (nSPS) is 32.6. The Bertz CT molecular complexity index is 530. The van der Waals surface area contributed by atoms with E-state index in [0.717, 1.165) is 23.8 Å². The molecule has 1 aliphatic heterocycles. The third-order valence-electron chi connectivity index (χ3n) is 6.95. The lowest BCUT2D eigenvalue weighted by atomic mass is 9.83. The van der Waals surface area contributed by atoms with Crippen molar-refractivity contribution in [1.29, 1.82) is 0 Å². The van der Waals surface area contributed by atoms with E-state index in [1.54, 1.807) is 12.0 Å². The Morgan fingerprint density at radius 3 is 2.09 bits per heavy atom. The summed E-state index contributed by atoms with van der Waals surface area (Å²) in [6, 6.07) is 10.5. The van der Waals surface area contributed by atoms with Gasteiger partial charge in [0.1, 0.15) is 0 Å². The van der Waals surface area contributed by atoms with Crippen molar-refractivity contribution in [2.24, 2.45) is 11.8 Å². The van der Waals surface area contributed by atoms with Gasteiger partial charge in [0.25, 0.3) is 0 Å². The highest BCUT2D eigenvalue weighted by Crippen LogP contribution is 2.47. The predicted molar refractivity (Wildman–Crippen MR) is 97.9 cm³/mol. The minimum absolute atomic E-state index is 0.268. The SMILES string of the molecule is CC(C)(C)c1ccc(C2CCN(C3CC4CCC3C4)CC2)cc1. The number of benzene rings is 1. The van der Waals surface area contributed by atoms with Crippen LogP contribution in [0, 0.1) is 11.8 Å². The largest absolute Gasteiger partial charge is 0.300 e. The summed E-state index contributed by atoms with van der Waals surface area (Å²) in [5.41, 5.74) is 3.30. The zero-order chi connectivity index (χ0) is 16.0. The van der Waals surface area contributed by atoms with Crippen LogP contribution in [0.5, 0.6) is 0 Å². The molecular weight excluding hydrogens is 278 g/mol. The first kappa shape index (κ1) is 15.7. The van der Waals surface area contributed by atoms with Crippen molar-refractivity contribution >= 4 is 0 Å². The van der Waals surface area contributed by atoms with Crippen molar-refractivity contribution in [3.05, 3.63) is 35.4 Å². The number of hydrogen-bond acceptors (Lipinski definition) is 1. The van der Waals surface area contributed by atoms with Crippen molar-refractivity contribution in [2.45, 2.75) is 76.7 Å². The number of likely N-dealkylation sites (tertiary alicyclic amines) is 1. The monoisotopic (exact) mass is 311 g/mol. The van der Waals surface area contributed by atoms with E-state index in [1.807, 2.05) is 0 Å². The van der Waals surface area contributed by atoms with Crippen LogP contribution in [-0.2, 0) is 5.41 Å². The maximum absolute atomic E-state index is 2.85. The first-order valence-electron chi connectivity index (χ1n) is 9.85. The fraction of sp³-hybridized carbons (Fsp3) is 0.727. The fourth-order valence-electron chi connectivity index (χ4n) is 5.48. The van der Waals surface area contributed by atoms with E-state index in [-0.39, 0.29) is 5.41 Å². The summed E-state index contributed by atoms with van der Waals surface area (Å²) < 4.78 is 0. The second-order valence-corrected chi connectivity index (χ2v) is 9.42. The molecule has 1 nitrogen and oxygen atoms in total. The first-order valence-corrected chi connectivity index (χ1v) is 9.85. The Kier molecular flexibility index (Phi) is 4.04. The molecule has 1 heteroatoms. The van der Waals surface area contributed by atoms with Crippen LogP contribution in [0.4, 0.5) is 0 Å². The molecule has 1 aromatic carbocycles. The predicted octanol–water partition coefficient (Wildman–Crippen LogP) is 5.35. The molecule has 126 valence electrons. The number of hydrogen-bond donors (Lipinski definition) is 0. The van der Waals surface area contributed by atoms with E-state index in [1.165, 1.54) is 50.8 Å². The van der Waals surface area contributed by atoms with Crippen molar-refractivity contribution in [2.75, 3.05) is 13.1 Å². The second-order valence-electron chi connectivity index (χ2n) is 9.42. The lowest BCUT2D eigenvalue weighted by Crippen LogP contribution is -2.43. The lowest BCUT2D eigenvalue weighted by Gasteiger charge is -2.39. The van der Waals surface area contributed by atoms with Crippen LogP contribution in [0.1, 0.15) is 76.3 Å².